The van der Waals surface area contributed by atoms with Crippen molar-refractivity contribution < 1.29 is 9.47 Å². The van der Waals surface area contributed by atoms with Crippen LogP contribution in [0.3, 0.4) is 0 Å². The molecule has 1 aromatic carbocycles. The molecule has 1 rings (SSSR count). The van der Waals surface area contributed by atoms with E-state index in [1.54, 1.807) is 7.11 Å². The molecule has 0 saturated heterocycles. The molecule has 0 fully saturated rings. The van der Waals surface area contributed by atoms with Crippen molar-refractivity contribution in [1.29, 1.82) is 0 Å². The molecule has 96 valence electrons. The highest BCUT2D eigenvalue weighted by Crippen LogP contribution is 2.15. The minimum Gasteiger partial charge on any atom is -0.488 e. The van der Waals surface area contributed by atoms with Crippen LogP contribution >= 0.6 is 0 Å². The van der Waals surface area contributed by atoms with Gasteiger partial charge in [0.1, 0.15) is 11.9 Å². The van der Waals surface area contributed by atoms with Gasteiger partial charge in [-0.3, -0.25) is 0 Å². The lowest BCUT2D eigenvalue weighted by molar-refractivity contribution is 0.0920. The first-order valence-corrected chi connectivity index (χ1v) is 6.09. The largest absolute Gasteiger partial charge is 0.488 e. The standard InChI is InChI=1S/C14H23NO2/c1-11(2)15-9-13-6-5-7-14(8-13)17-12(3)10-16-4/h5-8,11-12,15H,9-10H2,1-4H3. The first-order chi connectivity index (χ1) is 8.11. The number of rotatable bonds is 7. The molecule has 1 atom stereocenters. The zero-order valence-electron chi connectivity index (χ0n) is 11.2. The Morgan fingerprint density at radius 1 is 1.24 bits per heavy atom. The highest BCUT2D eigenvalue weighted by atomic mass is 16.5. The second-order valence-corrected chi connectivity index (χ2v) is 4.57. The number of hydrogen-bond donors (Lipinski definition) is 1. The fraction of sp³-hybridized carbons (Fsp3) is 0.571. The van der Waals surface area contributed by atoms with E-state index in [0.29, 0.717) is 12.6 Å². The van der Waals surface area contributed by atoms with Crippen LogP contribution in [-0.2, 0) is 11.3 Å². The van der Waals surface area contributed by atoms with E-state index >= 15 is 0 Å². The van der Waals surface area contributed by atoms with Gasteiger partial charge < -0.3 is 14.8 Å². The van der Waals surface area contributed by atoms with Crippen LogP contribution in [0.4, 0.5) is 0 Å². The second kappa shape index (κ2) is 7.30. The lowest BCUT2D eigenvalue weighted by Gasteiger charge is -2.15. The quantitative estimate of drug-likeness (QED) is 0.790. The van der Waals surface area contributed by atoms with Crippen molar-refractivity contribution in [3.8, 4) is 5.75 Å². The lowest BCUT2D eigenvalue weighted by Crippen LogP contribution is -2.22. The summed E-state index contributed by atoms with van der Waals surface area (Å²) < 4.78 is 10.8. The van der Waals surface area contributed by atoms with E-state index in [-0.39, 0.29) is 6.10 Å². The fourth-order valence-corrected chi connectivity index (χ4v) is 1.55. The Labute approximate surface area is 104 Å². The molecule has 3 heteroatoms. The molecule has 0 aliphatic heterocycles. The highest BCUT2D eigenvalue weighted by molar-refractivity contribution is 5.28. The smallest absolute Gasteiger partial charge is 0.120 e. The number of benzene rings is 1. The maximum absolute atomic E-state index is 5.75. The van der Waals surface area contributed by atoms with Crippen molar-refractivity contribution in [2.24, 2.45) is 0 Å². The lowest BCUT2D eigenvalue weighted by atomic mass is 10.2. The molecule has 3 nitrogen and oxygen atoms in total. The monoisotopic (exact) mass is 237 g/mol. The molecule has 0 spiro atoms. The molecule has 1 aromatic rings. The summed E-state index contributed by atoms with van der Waals surface area (Å²) in [7, 11) is 1.68. The van der Waals surface area contributed by atoms with Crippen LogP contribution in [0.2, 0.25) is 0 Å². The Kier molecular flexibility index (Phi) is 6.01. The van der Waals surface area contributed by atoms with Gasteiger partial charge in [0.05, 0.1) is 6.61 Å². The normalized spacial score (nSPS) is 12.8. The molecule has 0 aliphatic carbocycles. The summed E-state index contributed by atoms with van der Waals surface area (Å²) >= 11 is 0. The molecule has 0 aromatic heterocycles. The topological polar surface area (TPSA) is 30.5 Å². The SMILES string of the molecule is COCC(C)Oc1cccc(CNC(C)C)c1. The van der Waals surface area contributed by atoms with E-state index in [9.17, 15) is 0 Å². The van der Waals surface area contributed by atoms with Gasteiger partial charge >= 0.3 is 0 Å². The van der Waals surface area contributed by atoms with E-state index in [4.69, 9.17) is 9.47 Å². The van der Waals surface area contributed by atoms with Crippen molar-refractivity contribution in [1.82, 2.24) is 5.32 Å². The van der Waals surface area contributed by atoms with Crippen LogP contribution in [0, 0.1) is 0 Å². The van der Waals surface area contributed by atoms with E-state index in [2.05, 4.69) is 31.3 Å². The van der Waals surface area contributed by atoms with Crippen LogP contribution in [-0.4, -0.2) is 25.9 Å². The van der Waals surface area contributed by atoms with Crippen LogP contribution in [0.5, 0.6) is 5.75 Å². The van der Waals surface area contributed by atoms with Crippen LogP contribution in [0.25, 0.3) is 0 Å². The molecule has 0 aliphatic rings. The third-order valence-corrected chi connectivity index (χ3v) is 2.35. The maximum Gasteiger partial charge on any atom is 0.120 e. The van der Waals surface area contributed by atoms with Crippen LogP contribution in [0.1, 0.15) is 26.3 Å². The average Bonchev–Trinajstić information content (AvgIpc) is 2.27. The molecule has 0 radical (unpaired) electrons. The van der Waals surface area contributed by atoms with E-state index in [1.807, 2.05) is 19.1 Å². The Hall–Kier alpha value is -1.06. The third-order valence-electron chi connectivity index (χ3n) is 2.35. The molecule has 0 amide bonds. The zero-order chi connectivity index (χ0) is 12.7. The predicted octanol–water partition coefficient (Wildman–Crippen LogP) is 2.60. The molecule has 17 heavy (non-hydrogen) atoms. The van der Waals surface area contributed by atoms with Crippen molar-refractivity contribution in [3.63, 3.8) is 0 Å². The summed E-state index contributed by atoms with van der Waals surface area (Å²) in [4.78, 5) is 0. The summed E-state index contributed by atoms with van der Waals surface area (Å²) in [5.41, 5.74) is 1.24. The van der Waals surface area contributed by atoms with E-state index in [1.165, 1.54) is 5.56 Å². The van der Waals surface area contributed by atoms with Gasteiger partial charge in [0, 0.05) is 19.7 Å². The Morgan fingerprint density at radius 2 is 2.00 bits per heavy atom. The summed E-state index contributed by atoms with van der Waals surface area (Å²) in [5, 5.41) is 3.39. The molecule has 0 heterocycles. The number of ether oxygens (including phenoxy) is 2. The van der Waals surface area contributed by atoms with Crippen LogP contribution < -0.4 is 10.1 Å². The first kappa shape index (κ1) is 14.0. The first-order valence-electron chi connectivity index (χ1n) is 6.09. The summed E-state index contributed by atoms with van der Waals surface area (Å²) in [5.74, 6) is 0.901. The summed E-state index contributed by atoms with van der Waals surface area (Å²) in [6.45, 7) is 7.76. The third kappa shape index (κ3) is 5.71. The molecule has 0 bridgehead atoms. The van der Waals surface area contributed by atoms with E-state index < -0.39 is 0 Å². The Balaban J connectivity index is 2.53. The van der Waals surface area contributed by atoms with Crippen molar-refractivity contribution >= 4 is 0 Å². The highest BCUT2D eigenvalue weighted by Gasteiger charge is 2.04. The number of nitrogens with one attached hydrogen (secondary N) is 1. The minimum atomic E-state index is 0.0771. The molecule has 1 N–H and O–H groups in total. The van der Waals surface area contributed by atoms with Gasteiger partial charge in [-0.25, -0.2) is 0 Å². The summed E-state index contributed by atoms with van der Waals surface area (Å²) in [6, 6.07) is 8.66. The molecule has 0 saturated carbocycles. The van der Waals surface area contributed by atoms with Crippen molar-refractivity contribution in [3.05, 3.63) is 29.8 Å². The average molecular weight is 237 g/mol. The van der Waals surface area contributed by atoms with Gasteiger partial charge in [0.25, 0.3) is 0 Å². The van der Waals surface area contributed by atoms with Gasteiger partial charge in [0.2, 0.25) is 0 Å². The van der Waals surface area contributed by atoms with Gasteiger partial charge in [-0.05, 0) is 24.6 Å². The fourth-order valence-electron chi connectivity index (χ4n) is 1.55. The number of methoxy groups -OCH3 is 1. The molecule has 1 unspecified atom stereocenters. The Morgan fingerprint density at radius 3 is 2.65 bits per heavy atom. The molecular formula is C14H23NO2. The molecular weight excluding hydrogens is 214 g/mol. The number of hydrogen-bond acceptors (Lipinski definition) is 3. The van der Waals surface area contributed by atoms with Gasteiger partial charge in [-0.2, -0.15) is 0 Å². The zero-order valence-corrected chi connectivity index (χ0v) is 11.2. The summed E-state index contributed by atoms with van der Waals surface area (Å²) in [6.07, 6.45) is 0.0771. The maximum atomic E-state index is 5.75. The van der Waals surface area contributed by atoms with Crippen LogP contribution in [0.15, 0.2) is 24.3 Å². The van der Waals surface area contributed by atoms with Gasteiger partial charge in [-0.1, -0.05) is 26.0 Å². The van der Waals surface area contributed by atoms with Crippen molar-refractivity contribution in [2.45, 2.75) is 39.5 Å². The van der Waals surface area contributed by atoms with E-state index in [0.717, 1.165) is 12.3 Å². The van der Waals surface area contributed by atoms with Crippen molar-refractivity contribution in [2.75, 3.05) is 13.7 Å². The van der Waals surface area contributed by atoms with Gasteiger partial charge in [-0.15, -0.1) is 0 Å². The minimum absolute atomic E-state index is 0.0771. The van der Waals surface area contributed by atoms with Gasteiger partial charge in [0.15, 0.2) is 0 Å². The Bertz CT molecular complexity index is 326. The second-order valence-electron chi connectivity index (χ2n) is 4.57. The predicted molar refractivity (Wildman–Crippen MR) is 70.4 cm³/mol.